The van der Waals surface area contributed by atoms with Crippen LogP contribution in [0.1, 0.15) is 48.5 Å². The molecule has 144 valence electrons. The highest BCUT2D eigenvalue weighted by Crippen LogP contribution is 2.81. The molecule has 0 bridgehead atoms. The van der Waals surface area contributed by atoms with Crippen LogP contribution in [0.5, 0.6) is 11.5 Å². The van der Waals surface area contributed by atoms with Gasteiger partial charge in [0.2, 0.25) is 0 Å². The molecule has 0 amide bonds. The third kappa shape index (κ3) is 2.53. The number of esters is 1. The Hall–Kier alpha value is -2.82. The first-order valence-corrected chi connectivity index (χ1v) is 9.80. The zero-order valence-electron chi connectivity index (χ0n) is 15.8. The standard InChI is InChI=1S/C23H23NO4/c1-14-9-22-11-17(22)12-23(22,10-14)28-21(27)15-2-4-18(5-3-15)24-13-16-8-19(25)6-7-20(16)26/h2-8,13-14,17,25-26H,9-12H2,1H3/b24-13+. The van der Waals surface area contributed by atoms with E-state index >= 15 is 0 Å². The number of carbonyl (C=O) groups excluding carboxylic acids is 1. The van der Waals surface area contributed by atoms with Crippen LogP contribution in [-0.2, 0) is 4.74 Å². The van der Waals surface area contributed by atoms with Gasteiger partial charge >= 0.3 is 5.97 Å². The molecule has 3 saturated carbocycles. The van der Waals surface area contributed by atoms with Crippen LogP contribution in [0.15, 0.2) is 47.5 Å². The topological polar surface area (TPSA) is 79.1 Å². The van der Waals surface area contributed by atoms with Crippen LogP contribution in [0.25, 0.3) is 0 Å². The second kappa shape index (κ2) is 5.84. The summed E-state index contributed by atoms with van der Waals surface area (Å²) in [5.74, 6) is 1.26. The second-order valence-electron chi connectivity index (χ2n) is 8.71. The van der Waals surface area contributed by atoms with Crippen LogP contribution in [-0.4, -0.2) is 28.0 Å². The Balaban J connectivity index is 1.28. The van der Waals surface area contributed by atoms with Crippen LogP contribution in [0.3, 0.4) is 0 Å². The summed E-state index contributed by atoms with van der Waals surface area (Å²) in [4.78, 5) is 17.0. The van der Waals surface area contributed by atoms with Crippen molar-refractivity contribution in [2.75, 3.05) is 0 Å². The minimum atomic E-state index is -0.250. The van der Waals surface area contributed by atoms with Crippen molar-refractivity contribution < 1.29 is 19.7 Å². The van der Waals surface area contributed by atoms with Gasteiger partial charge in [0.25, 0.3) is 0 Å². The molecule has 2 aromatic carbocycles. The third-order valence-corrected chi connectivity index (χ3v) is 6.86. The maximum absolute atomic E-state index is 12.7. The maximum atomic E-state index is 12.7. The molecule has 1 spiro atoms. The molecule has 0 saturated heterocycles. The fourth-order valence-electron chi connectivity index (χ4n) is 5.55. The fourth-order valence-corrected chi connectivity index (χ4v) is 5.55. The van der Waals surface area contributed by atoms with Crippen molar-refractivity contribution in [3.05, 3.63) is 53.6 Å². The molecule has 4 unspecified atom stereocenters. The molecular formula is C23H23NO4. The van der Waals surface area contributed by atoms with Gasteiger partial charge in [0.1, 0.15) is 17.1 Å². The summed E-state index contributed by atoms with van der Waals surface area (Å²) in [6.45, 7) is 2.26. The van der Waals surface area contributed by atoms with E-state index in [0.717, 1.165) is 18.8 Å². The summed E-state index contributed by atoms with van der Waals surface area (Å²) < 4.78 is 6.06. The Morgan fingerprint density at radius 3 is 2.61 bits per heavy atom. The Bertz CT molecular complexity index is 983. The molecular weight excluding hydrogens is 354 g/mol. The maximum Gasteiger partial charge on any atom is 0.338 e. The van der Waals surface area contributed by atoms with Crippen LogP contribution in [0.4, 0.5) is 5.69 Å². The average molecular weight is 377 g/mol. The van der Waals surface area contributed by atoms with Crippen molar-refractivity contribution in [3.63, 3.8) is 0 Å². The van der Waals surface area contributed by atoms with E-state index in [0.29, 0.717) is 22.7 Å². The summed E-state index contributed by atoms with van der Waals surface area (Å²) in [5.41, 5.74) is 1.67. The van der Waals surface area contributed by atoms with Crippen molar-refractivity contribution in [3.8, 4) is 11.5 Å². The number of nitrogens with zero attached hydrogens (tertiary/aromatic N) is 1. The molecule has 0 heterocycles. The molecule has 2 aromatic rings. The highest BCUT2D eigenvalue weighted by molar-refractivity contribution is 5.91. The lowest BCUT2D eigenvalue weighted by Gasteiger charge is -2.44. The van der Waals surface area contributed by atoms with Gasteiger partial charge in [0.15, 0.2) is 0 Å². The van der Waals surface area contributed by atoms with E-state index in [1.54, 1.807) is 24.3 Å². The van der Waals surface area contributed by atoms with Gasteiger partial charge in [-0.3, -0.25) is 4.99 Å². The van der Waals surface area contributed by atoms with Gasteiger partial charge in [-0.05, 0) is 80.0 Å². The van der Waals surface area contributed by atoms with E-state index in [-0.39, 0.29) is 28.5 Å². The number of ether oxygens (including phenoxy) is 1. The lowest BCUT2D eigenvalue weighted by atomic mass is 9.71. The fraction of sp³-hybridized carbons (Fsp3) is 0.391. The summed E-state index contributed by atoms with van der Waals surface area (Å²) in [6, 6.07) is 11.2. The number of hydrogen-bond donors (Lipinski definition) is 2. The van der Waals surface area contributed by atoms with Crippen LogP contribution in [0.2, 0.25) is 0 Å². The van der Waals surface area contributed by atoms with Crippen molar-refractivity contribution in [2.45, 2.75) is 38.2 Å². The lowest BCUT2D eigenvalue weighted by Crippen LogP contribution is -2.48. The highest BCUT2D eigenvalue weighted by Gasteiger charge is 2.80. The second-order valence-corrected chi connectivity index (χ2v) is 8.71. The number of aliphatic imine (C=N–C) groups is 1. The molecule has 4 atom stereocenters. The van der Waals surface area contributed by atoms with Crippen LogP contribution >= 0.6 is 0 Å². The minimum absolute atomic E-state index is 0.0413. The van der Waals surface area contributed by atoms with Crippen LogP contribution in [0, 0.1) is 17.3 Å². The Labute approximate surface area is 163 Å². The predicted octanol–water partition coefficient (Wildman–Crippen LogP) is 4.58. The number of hydrogen-bond acceptors (Lipinski definition) is 5. The Morgan fingerprint density at radius 2 is 1.89 bits per heavy atom. The number of phenols is 2. The van der Waals surface area contributed by atoms with Crippen molar-refractivity contribution in [1.82, 2.24) is 0 Å². The highest BCUT2D eigenvalue weighted by atomic mass is 16.6. The van der Waals surface area contributed by atoms with E-state index in [9.17, 15) is 15.0 Å². The molecule has 2 N–H and O–H groups in total. The first kappa shape index (κ1) is 17.3. The van der Waals surface area contributed by atoms with Crippen molar-refractivity contribution in [1.29, 1.82) is 0 Å². The summed E-state index contributed by atoms with van der Waals surface area (Å²) in [5, 5.41) is 19.3. The number of phenolic OH excluding ortho intramolecular Hbond substituents is 2. The van der Waals surface area contributed by atoms with Gasteiger partial charge in [-0.2, -0.15) is 0 Å². The van der Waals surface area contributed by atoms with Crippen molar-refractivity contribution in [2.24, 2.45) is 22.2 Å². The quantitative estimate of drug-likeness (QED) is 0.464. The number of carbonyl (C=O) groups is 1. The van der Waals surface area contributed by atoms with E-state index in [1.165, 1.54) is 37.3 Å². The van der Waals surface area contributed by atoms with Crippen LogP contribution < -0.4 is 0 Å². The van der Waals surface area contributed by atoms with E-state index in [2.05, 4.69) is 11.9 Å². The molecule has 0 aromatic heterocycles. The van der Waals surface area contributed by atoms with E-state index in [4.69, 9.17) is 4.74 Å². The summed E-state index contributed by atoms with van der Waals surface area (Å²) in [7, 11) is 0. The van der Waals surface area contributed by atoms with Gasteiger partial charge in [-0.25, -0.2) is 4.79 Å². The normalized spacial score (nSPS) is 32.5. The zero-order valence-corrected chi connectivity index (χ0v) is 15.8. The molecule has 3 fully saturated rings. The molecule has 5 nitrogen and oxygen atoms in total. The number of aromatic hydroxyl groups is 2. The third-order valence-electron chi connectivity index (χ3n) is 6.86. The summed E-state index contributed by atoms with van der Waals surface area (Å²) >= 11 is 0. The lowest BCUT2D eigenvalue weighted by molar-refractivity contribution is -0.0986. The SMILES string of the molecule is CC1CC2(OC(=O)c3ccc(/N=C/c4cc(O)ccc4O)cc3)CC3CC32C1. The summed E-state index contributed by atoms with van der Waals surface area (Å²) in [6.07, 6.45) is 5.91. The smallest absolute Gasteiger partial charge is 0.338 e. The van der Waals surface area contributed by atoms with Gasteiger partial charge in [0, 0.05) is 17.2 Å². The number of rotatable bonds is 4. The molecule has 0 radical (unpaired) electrons. The van der Waals surface area contributed by atoms with E-state index in [1.807, 2.05) is 0 Å². The monoisotopic (exact) mass is 377 g/mol. The zero-order chi connectivity index (χ0) is 19.5. The molecule has 28 heavy (non-hydrogen) atoms. The minimum Gasteiger partial charge on any atom is -0.508 e. The Morgan fingerprint density at radius 1 is 1.11 bits per heavy atom. The van der Waals surface area contributed by atoms with Gasteiger partial charge < -0.3 is 14.9 Å². The number of benzene rings is 2. The molecule has 5 rings (SSSR count). The average Bonchev–Trinajstić information content (AvgIpc) is 3.20. The van der Waals surface area contributed by atoms with Gasteiger partial charge in [0.05, 0.1) is 11.3 Å². The molecule has 3 aliphatic carbocycles. The van der Waals surface area contributed by atoms with E-state index < -0.39 is 0 Å². The molecule has 3 aliphatic rings. The first-order valence-electron chi connectivity index (χ1n) is 9.80. The molecule has 5 heteroatoms. The van der Waals surface area contributed by atoms with Gasteiger partial charge in [-0.1, -0.05) is 6.92 Å². The molecule has 0 aliphatic heterocycles. The van der Waals surface area contributed by atoms with Gasteiger partial charge in [-0.15, -0.1) is 0 Å². The Kier molecular flexibility index (Phi) is 3.60. The largest absolute Gasteiger partial charge is 0.508 e. The predicted molar refractivity (Wildman–Crippen MR) is 105 cm³/mol. The van der Waals surface area contributed by atoms with Crippen molar-refractivity contribution >= 4 is 17.9 Å². The first-order chi connectivity index (χ1) is 13.4.